The Hall–Kier alpha value is -0.790. The van der Waals surface area contributed by atoms with Crippen LogP contribution >= 0.6 is 24.0 Å². The van der Waals surface area contributed by atoms with E-state index < -0.39 is 0 Å². The van der Waals surface area contributed by atoms with Crippen molar-refractivity contribution in [2.45, 2.75) is 19.8 Å². The number of fused-ring (bicyclic) bond motifs is 1. The quantitative estimate of drug-likeness (QED) is 0.766. The van der Waals surface area contributed by atoms with Crippen LogP contribution in [0.4, 0.5) is 0 Å². The van der Waals surface area contributed by atoms with Crippen molar-refractivity contribution >= 4 is 34.9 Å². The summed E-state index contributed by atoms with van der Waals surface area (Å²) in [6, 6.07) is 9.94. The van der Waals surface area contributed by atoms with Crippen molar-refractivity contribution in [2.75, 3.05) is 0 Å². The second-order valence-electron chi connectivity index (χ2n) is 3.36. The lowest BCUT2D eigenvalue weighted by atomic mass is 10.1. The van der Waals surface area contributed by atoms with Gasteiger partial charge >= 0.3 is 0 Å². The van der Waals surface area contributed by atoms with Gasteiger partial charge in [-0.15, -0.1) is 12.4 Å². The van der Waals surface area contributed by atoms with Crippen LogP contribution in [0.2, 0.25) is 5.02 Å². The Bertz CT molecular complexity index is 454. The molecule has 1 aromatic carbocycles. The van der Waals surface area contributed by atoms with Crippen molar-refractivity contribution in [1.82, 2.24) is 4.98 Å². The Morgan fingerprint density at radius 2 is 2.00 bits per heavy atom. The lowest BCUT2D eigenvalue weighted by Crippen LogP contribution is -1.90. The SMILES string of the molecule is CCCc1cc(Cl)c2ccccc2n1.Cl. The summed E-state index contributed by atoms with van der Waals surface area (Å²) in [6.07, 6.45) is 2.09. The molecule has 0 radical (unpaired) electrons. The first kappa shape index (κ1) is 12.3. The molecule has 0 aliphatic rings. The minimum atomic E-state index is 0. The van der Waals surface area contributed by atoms with E-state index in [1.54, 1.807) is 0 Å². The van der Waals surface area contributed by atoms with Crippen LogP contribution in [0.3, 0.4) is 0 Å². The highest BCUT2D eigenvalue weighted by molar-refractivity contribution is 6.35. The molecule has 80 valence electrons. The van der Waals surface area contributed by atoms with Crippen LogP contribution in [-0.2, 0) is 6.42 Å². The van der Waals surface area contributed by atoms with Crippen LogP contribution in [0.25, 0.3) is 10.9 Å². The van der Waals surface area contributed by atoms with E-state index in [-0.39, 0.29) is 12.4 Å². The van der Waals surface area contributed by atoms with E-state index in [0.29, 0.717) is 0 Å². The first-order valence-electron chi connectivity index (χ1n) is 4.85. The van der Waals surface area contributed by atoms with E-state index >= 15 is 0 Å². The summed E-state index contributed by atoms with van der Waals surface area (Å²) in [4.78, 5) is 4.54. The van der Waals surface area contributed by atoms with Gasteiger partial charge in [0, 0.05) is 11.1 Å². The van der Waals surface area contributed by atoms with Gasteiger partial charge in [0.2, 0.25) is 0 Å². The summed E-state index contributed by atoms with van der Waals surface area (Å²) in [7, 11) is 0. The molecule has 0 saturated carbocycles. The third kappa shape index (κ3) is 2.61. The smallest absolute Gasteiger partial charge is 0.0720 e. The highest BCUT2D eigenvalue weighted by Crippen LogP contribution is 2.23. The lowest BCUT2D eigenvalue weighted by molar-refractivity contribution is 0.890. The third-order valence-corrected chi connectivity index (χ3v) is 2.54. The highest BCUT2D eigenvalue weighted by atomic mass is 35.5. The van der Waals surface area contributed by atoms with Gasteiger partial charge in [-0.3, -0.25) is 4.98 Å². The molecule has 0 unspecified atom stereocenters. The largest absolute Gasteiger partial charge is 0.253 e. The number of rotatable bonds is 2. The molecule has 0 atom stereocenters. The third-order valence-electron chi connectivity index (χ3n) is 2.22. The van der Waals surface area contributed by atoms with Crippen molar-refractivity contribution < 1.29 is 0 Å². The summed E-state index contributed by atoms with van der Waals surface area (Å²) >= 11 is 6.16. The number of pyridine rings is 1. The van der Waals surface area contributed by atoms with Crippen molar-refractivity contribution in [2.24, 2.45) is 0 Å². The maximum atomic E-state index is 6.16. The molecule has 15 heavy (non-hydrogen) atoms. The molecule has 1 heterocycles. The van der Waals surface area contributed by atoms with Gasteiger partial charge in [-0.1, -0.05) is 43.1 Å². The van der Waals surface area contributed by atoms with Gasteiger partial charge in [-0.25, -0.2) is 0 Å². The molecule has 0 spiro atoms. The molecule has 0 fully saturated rings. The zero-order valence-electron chi connectivity index (χ0n) is 8.53. The molecule has 0 bridgehead atoms. The zero-order chi connectivity index (χ0) is 9.97. The normalized spacial score (nSPS) is 10.0. The van der Waals surface area contributed by atoms with Crippen LogP contribution in [-0.4, -0.2) is 4.98 Å². The maximum absolute atomic E-state index is 6.16. The van der Waals surface area contributed by atoms with Crippen molar-refractivity contribution in [1.29, 1.82) is 0 Å². The zero-order valence-corrected chi connectivity index (χ0v) is 10.1. The maximum Gasteiger partial charge on any atom is 0.0720 e. The molecule has 2 rings (SSSR count). The molecule has 2 aromatic rings. The summed E-state index contributed by atoms with van der Waals surface area (Å²) < 4.78 is 0. The second kappa shape index (κ2) is 5.34. The molecule has 0 N–H and O–H groups in total. The number of aryl methyl sites for hydroxylation is 1. The molecular weight excluding hydrogens is 229 g/mol. The van der Waals surface area contributed by atoms with E-state index in [2.05, 4.69) is 11.9 Å². The number of benzene rings is 1. The van der Waals surface area contributed by atoms with Gasteiger partial charge in [0.1, 0.15) is 0 Å². The highest BCUT2D eigenvalue weighted by Gasteiger charge is 2.02. The second-order valence-corrected chi connectivity index (χ2v) is 3.77. The first-order valence-corrected chi connectivity index (χ1v) is 5.23. The number of hydrogen-bond donors (Lipinski definition) is 0. The molecular formula is C12H13Cl2N. The van der Waals surface area contributed by atoms with Gasteiger partial charge in [0.25, 0.3) is 0 Å². The van der Waals surface area contributed by atoms with E-state index in [1.165, 1.54) is 0 Å². The van der Waals surface area contributed by atoms with E-state index in [1.807, 2.05) is 30.3 Å². The van der Waals surface area contributed by atoms with Gasteiger partial charge in [0.05, 0.1) is 10.5 Å². The molecule has 0 aliphatic heterocycles. The summed E-state index contributed by atoms with van der Waals surface area (Å²) in [5, 5.41) is 1.84. The fourth-order valence-electron chi connectivity index (χ4n) is 1.57. The predicted octanol–water partition coefficient (Wildman–Crippen LogP) is 4.26. The van der Waals surface area contributed by atoms with Crippen LogP contribution in [0.15, 0.2) is 30.3 Å². The number of hydrogen-bond acceptors (Lipinski definition) is 1. The van der Waals surface area contributed by atoms with Gasteiger partial charge in [-0.2, -0.15) is 0 Å². The number of para-hydroxylation sites is 1. The standard InChI is InChI=1S/C12H12ClN.ClH/c1-2-5-9-8-11(13)10-6-3-4-7-12(10)14-9;/h3-4,6-8H,2,5H2,1H3;1H. The first-order chi connectivity index (χ1) is 6.81. The molecule has 0 saturated heterocycles. The van der Waals surface area contributed by atoms with Crippen LogP contribution in [0.1, 0.15) is 19.0 Å². The minimum absolute atomic E-state index is 0. The number of aromatic nitrogens is 1. The topological polar surface area (TPSA) is 12.9 Å². The van der Waals surface area contributed by atoms with Crippen molar-refractivity contribution in [3.63, 3.8) is 0 Å². The fourth-order valence-corrected chi connectivity index (χ4v) is 1.85. The lowest BCUT2D eigenvalue weighted by Gasteiger charge is -2.03. The monoisotopic (exact) mass is 241 g/mol. The Balaban J connectivity index is 0.00000112. The molecule has 3 heteroatoms. The van der Waals surface area contributed by atoms with Gasteiger partial charge in [0.15, 0.2) is 0 Å². The number of nitrogens with zero attached hydrogens (tertiary/aromatic N) is 1. The number of halogens is 2. The van der Waals surface area contributed by atoms with Crippen molar-refractivity contribution in [3.05, 3.63) is 41.0 Å². The molecule has 1 aromatic heterocycles. The summed E-state index contributed by atoms with van der Waals surface area (Å²) in [5.74, 6) is 0. The molecule has 0 aliphatic carbocycles. The Morgan fingerprint density at radius 1 is 1.27 bits per heavy atom. The van der Waals surface area contributed by atoms with Crippen molar-refractivity contribution in [3.8, 4) is 0 Å². The molecule has 1 nitrogen and oxygen atoms in total. The Labute approximate surface area is 101 Å². The fraction of sp³-hybridized carbons (Fsp3) is 0.250. The van der Waals surface area contributed by atoms with E-state index in [9.17, 15) is 0 Å². The Kier molecular flexibility index (Phi) is 4.37. The average Bonchev–Trinajstić information content (AvgIpc) is 2.18. The van der Waals surface area contributed by atoms with Crippen LogP contribution < -0.4 is 0 Å². The summed E-state index contributed by atoms with van der Waals surface area (Å²) in [5.41, 5.74) is 2.07. The Morgan fingerprint density at radius 3 is 2.73 bits per heavy atom. The molecule has 0 amide bonds. The minimum Gasteiger partial charge on any atom is -0.253 e. The van der Waals surface area contributed by atoms with Gasteiger partial charge in [-0.05, 0) is 18.6 Å². The van der Waals surface area contributed by atoms with E-state index in [0.717, 1.165) is 34.5 Å². The van der Waals surface area contributed by atoms with Gasteiger partial charge < -0.3 is 0 Å². The van der Waals surface area contributed by atoms with Crippen LogP contribution in [0, 0.1) is 0 Å². The summed E-state index contributed by atoms with van der Waals surface area (Å²) in [6.45, 7) is 2.14. The average molecular weight is 242 g/mol. The predicted molar refractivity (Wildman–Crippen MR) is 68.0 cm³/mol. The van der Waals surface area contributed by atoms with E-state index in [4.69, 9.17) is 11.6 Å². The van der Waals surface area contributed by atoms with Crippen LogP contribution in [0.5, 0.6) is 0 Å².